The molecule has 41 heavy (non-hydrogen) atoms. The number of hydrogen-bond donors (Lipinski definition) is 2. The Balaban J connectivity index is 1.50. The van der Waals surface area contributed by atoms with E-state index in [9.17, 15) is 27.6 Å². The molecule has 4 rings (SSSR count). The number of rotatable bonds is 10. The number of anilines is 1. The Hall–Kier alpha value is -4.38. The lowest BCUT2D eigenvalue weighted by molar-refractivity contribution is -0.134. The van der Waals surface area contributed by atoms with Crippen molar-refractivity contribution in [3.05, 3.63) is 90.0 Å². The van der Waals surface area contributed by atoms with Crippen molar-refractivity contribution in [1.29, 1.82) is 0 Å². The molecule has 1 aliphatic heterocycles. The molecule has 0 fully saturated rings. The number of carbonyl (C=O) groups is 3. The van der Waals surface area contributed by atoms with E-state index in [1.54, 1.807) is 17.0 Å². The topological polar surface area (TPSA) is 97.0 Å². The number of ether oxygens (including phenoxy) is 2. The Bertz CT molecular complexity index is 1370. The predicted octanol–water partition coefficient (Wildman–Crippen LogP) is 5.14. The van der Waals surface area contributed by atoms with Crippen LogP contribution in [-0.2, 0) is 25.7 Å². The fourth-order valence-electron chi connectivity index (χ4n) is 4.45. The van der Waals surface area contributed by atoms with Crippen LogP contribution in [0.4, 0.5) is 23.7 Å². The van der Waals surface area contributed by atoms with Crippen molar-refractivity contribution in [2.24, 2.45) is 0 Å². The maximum atomic E-state index is 14.0. The molecule has 0 aromatic heterocycles. The van der Waals surface area contributed by atoms with Crippen LogP contribution in [0.2, 0.25) is 0 Å². The van der Waals surface area contributed by atoms with E-state index < -0.39 is 49.2 Å². The van der Waals surface area contributed by atoms with E-state index >= 15 is 0 Å². The zero-order valence-corrected chi connectivity index (χ0v) is 22.3. The first-order chi connectivity index (χ1) is 19.6. The lowest BCUT2D eigenvalue weighted by Crippen LogP contribution is -2.47. The SMILES string of the molecule is C[C@H](OC(=O)NCCC(F)(F)F)C(=O)N[C@@H]1C(=O)N(CCOCc2ccccc2)c2ccccc2-c2ccccc21. The van der Waals surface area contributed by atoms with Crippen LogP contribution in [0, 0.1) is 0 Å². The van der Waals surface area contributed by atoms with Crippen molar-refractivity contribution in [2.75, 3.05) is 24.6 Å². The van der Waals surface area contributed by atoms with Gasteiger partial charge in [0.25, 0.3) is 11.8 Å². The Labute approximate surface area is 235 Å². The number of halogens is 3. The normalized spacial score (nSPS) is 15.3. The molecule has 0 aliphatic carbocycles. The Morgan fingerprint density at radius 3 is 2.34 bits per heavy atom. The van der Waals surface area contributed by atoms with Gasteiger partial charge in [0.1, 0.15) is 6.04 Å². The van der Waals surface area contributed by atoms with Crippen LogP contribution in [0.25, 0.3) is 11.1 Å². The number of benzene rings is 3. The Morgan fingerprint density at radius 2 is 1.61 bits per heavy atom. The number of nitrogens with one attached hydrogen (secondary N) is 2. The number of alkyl carbamates (subject to hydrolysis) is 1. The van der Waals surface area contributed by atoms with Crippen molar-refractivity contribution in [1.82, 2.24) is 10.6 Å². The van der Waals surface area contributed by atoms with Gasteiger partial charge in [0.2, 0.25) is 0 Å². The fourth-order valence-corrected chi connectivity index (χ4v) is 4.45. The smallest absolute Gasteiger partial charge is 0.407 e. The second-order valence-corrected chi connectivity index (χ2v) is 9.41. The quantitative estimate of drug-likeness (QED) is 0.330. The van der Waals surface area contributed by atoms with E-state index in [2.05, 4.69) is 5.32 Å². The van der Waals surface area contributed by atoms with Gasteiger partial charge in [0, 0.05) is 18.7 Å². The molecule has 2 atom stereocenters. The summed E-state index contributed by atoms with van der Waals surface area (Å²) in [6.07, 6.45) is -8.23. The maximum Gasteiger partial charge on any atom is 0.407 e. The average Bonchev–Trinajstić information content (AvgIpc) is 3.04. The van der Waals surface area contributed by atoms with E-state index in [0.29, 0.717) is 17.9 Å². The second kappa shape index (κ2) is 13.3. The first-order valence-corrected chi connectivity index (χ1v) is 13.1. The Kier molecular flexibility index (Phi) is 9.61. The van der Waals surface area contributed by atoms with Crippen molar-refractivity contribution in [2.45, 2.75) is 38.3 Å². The highest BCUT2D eigenvalue weighted by molar-refractivity contribution is 6.06. The van der Waals surface area contributed by atoms with Gasteiger partial charge >= 0.3 is 12.3 Å². The third-order valence-electron chi connectivity index (χ3n) is 6.46. The molecule has 0 saturated carbocycles. The highest BCUT2D eigenvalue weighted by Gasteiger charge is 2.36. The second-order valence-electron chi connectivity index (χ2n) is 9.41. The average molecular weight is 570 g/mol. The minimum Gasteiger partial charge on any atom is -0.436 e. The van der Waals surface area contributed by atoms with E-state index in [1.165, 1.54) is 6.92 Å². The number of fused-ring (bicyclic) bond motifs is 3. The Morgan fingerprint density at radius 1 is 0.951 bits per heavy atom. The minimum atomic E-state index is -4.44. The molecule has 0 unspecified atom stereocenters. The zero-order valence-electron chi connectivity index (χ0n) is 22.3. The van der Waals surface area contributed by atoms with Gasteiger partial charge in [0.05, 0.1) is 25.3 Å². The van der Waals surface area contributed by atoms with E-state index in [0.717, 1.165) is 16.7 Å². The van der Waals surface area contributed by atoms with Crippen molar-refractivity contribution < 1.29 is 37.0 Å². The largest absolute Gasteiger partial charge is 0.436 e. The molecule has 216 valence electrons. The number of nitrogens with zero attached hydrogens (tertiary/aromatic N) is 1. The van der Waals surface area contributed by atoms with Crippen molar-refractivity contribution in [3.8, 4) is 11.1 Å². The predicted molar refractivity (Wildman–Crippen MR) is 146 cm³/mol. The molecule has 8 nitrogen and oxygen atoms in total. The summed E-state index contributed by atoms with van der Waals surface area (Å²) in [6.45, 7) is 1.38. The van der Waals surface area contributed by atoms with Gasteiger partial charge in [-0.15, -0.1) is 0 Å². The van der Waals surface area contributed by atoms with Gasteiger partial charge in [-0.25, -0.2) is 4.79 Å². The summed E-state index contributed by atoms with van der Waals surface area (Å²) in [5.41, 5.74) is 3.73. The molecule has 0 radical (unpaired) electrons. The number of amides is 3. The molecule has 1 heterocycles. The number of carbonyl (C=O) groups excluding carboxylic acids is 3. The van der Waals surface area contributed by atoms with Gasteiger partial charge < -0.3 is 25.0 Å². The number of hydrogen-bond acceptors (Lipinski definition) is 5. The van der Waals surface area contributed by atoms with Gasteiger partial charge in [-0.2, -0.15) is 13.2 Å². The van der Waals surface area contributed by atoms with Crippen LogP contribution in [0.5, 0.6) is 0 Å². The van der Waals surface area contributed by atoms with Crippen LogP contribution in [0.15, 0.2) is 78.9 Å². The molecule has 11 heteroatoms. The number of para-hydroxylation sites is 1. The first kappa shape index (κ1) is 29.6. The minimum absolute atomic E-state index is 0.205. The highest BCUT2D eigenvalue weighted by atomic mass is 19.4. The summed E-state index contributed by atoms with van der Waals surface area (Å²) in [4.78, 5) is 40.5. The molecule has 0 saturated heterocycles. The first-order valence-electron chi connectivity index (χ1n) is 13.1. The van der Waals surface area contributed by atoms with Gasteiger partial charge in [-0.1, -0.05) is 72.8 Å². The summed E-state index contributed by atoms with van der Waals surface area (Å²) in [5.74, 6) is -1.20. The van der Waals surface area contributed by atoms with Gasteiger partial charge in [-0.3, -0.25) is 9.59 Å². The summed E-state index contributed by atoms with van der Waals surface area (Å²) in [5, 5.41) is 4.65. The summed E-state index contributed by atoms with van der Waals surface area (Å²) in [6, 6.07) is 23.0. The summed E-state index contributed by atoms with van der Waals surface area (Å²) < 4.78 is 47.9. The maximum absolute atomic E-state index is 14.0. The zero-order chi connectivity index (χ0) is 29.4. The van der Waals surface area contributed by atoms with E-state index in [1.807, 2.05) is 72.0 Å². The fraction of sp³-hybridized carbons (Fsp3) is 0.300. The van der Waals surface area contributed by atoms with Crippen LogP contribution >= 0.6 is 0 Å². The van der Waals surface area contributed by atoms with E-state index in [-0.39, 0.29) is 13.2 Å². The molecule has 0 spiro atoms. The summed E-state index contributed by atoms with van der Waals surface area (Å²) in [7, 11) is 0. The molecular formula is C30H30F3N3O5. The number of alkyl halides is 3. The molecular weight excluding hydrogens is 539 g/mol. The van der Waals surface area contributed by atoms with Crippen LogP contribution in [0.1, 0.15) is 30.5 Å². The third-order valence-corrected chi connectivity index (χ3v) is 6.46. The molecule has 3 aromatic rings. The standard InChI is InChI=1S/C30H30F3N3O5/c1-20(41-29(39)34-16-15-30(31,32)33)27(37)35-26-24-13-6-5-11-22(24)23-12-7-8-14-25(23)36(28(26)38)17-18-40-19-21-9-3-2-4-10-21/h2-14,20,26H,15-19H2,1H3,(H,34,39)(H,35,37)/t20-,26-/m0/s1. The van der Waals surface area contributed by atoms with Gasteiger partial charge in [-0.05, 0) is 29.7 Å². The lowest BCUT2D eigenvalue weighted by Gasteiger charge is -2.27. The van der Waals surface area contributed by atoms with Crippen LogP contribution in [0.3, 0.4) is 0 Å². The molecule has 0 bridgehead atoms. The van der Waals surface area contributed by atoms with E-state index in [4.69, 9.17) is 9.47 Å². The monoisotopic (exact) mass is 569 g/mol. The van der Waals surface area contributed by atoms with Crippen molar-refractivity contribution in [3.63, 3.8) is 0 Å². The highest BCUT2D eigenvalue weighted by Crippen LogP contribution is 2.40. The molecule has 1 aliphatic rings. The molecule has 3 amide bonds. The molecule has 2 N–H and O–H groups in total. The summed E-state index contributed by atoms with van der Waals surface area (Å²) >= 11 is 0. The lowest BCUT2D eigenvalue weighted by atomic mass is 9.95. The van der Waals surface area contributed by atoms with Gasteiger partial charge in [0.15, 0.2) is 6.10 Å². The third kappa shape index (κ3) is 7.85. The molecule has 3 aromatic carbocycles. The van der Waals surface area contributed by atoms with Crippen LogP contribution in [-0.4, -0.2) is 49.9 Å². The van der Waals surface area contributed by atoms with Crippen LogP contribution < -0.4 is 15.5 Å². The van der Waals surface area contributed by atoms with Crippen molar-refractivity contribution >= 4 is 23.6 Å².